The number of sulfonamides is 1. The number of carbonyl (C=O) groups excluding carboxylic acids is 2. The Kier molecular flexibility index (Phi) is 8.94. The molecule has 0 aromatic carbocycles. The molecule has 6 rings (SSSR count). The molecule has 0 aromatic heterocycles. The average Bonchev–Trinajstić information content (AvgIpc) is 3.32. The fraction of sp³-hybridized carbons (Fsp3) is 0.933. The molecule has 3 heterocycles. The Morgan fingerprint density at radius 2 is 1.79 bits per heavy atom. The van der Waals surface area contributed by atoms with Gasteiger partial charge in [-0.15, -0.1) is 0 Å². The molecule has 10 unspecified atom stereocenters. The van der Waals surface area contributed by atoms with Crippen LogP contribution in [0.3, 0.4) is 0 Å². The van der Waals surface area contributed by atoms with E-state index >= 15 is 0 Å². The van der Waals surface area contributed by atoms with Gasteiger partial charge in [-0.2, -0.15) is 0 Å². The second-order valence-corrected chi connectivity index (χ2v) is 15.8. The van der Waals surface area contributed by atoms with E-state index in [1.807, 2.05) is 6.92 Å². The summed E-state index contributed by atoms with van der Waals surface area (Å²) in [4.78, 5) is 29.5. The van der Waals surface area contributed by atoms with Gasteiger partial charge < -0.3 is 29.7 Å². The van der Waals surface area contributed by atoms with Gasteiger partial charge in [0.2, 0.25) is 21.8 Å². The Bertz CT molecular complexity index is 1110. The van der Waals surface area contributed by atoms with Gasteiger partial charge >= 0.3 is 0 Å². The van der Waals surface area contributed by atoms with Gasteiger partial charge in [0.05, 0.1) is 42.1 Å². The van der Waals surface area contributed by atoms with Crippen molar-refractivity contribution in [3.05, 3.63) is 0 Å². The van der Waals surface area contributed by atoms with Crippen molar-refractivity contribution in [1.82, 2.24) is 10.2 Å². The van der Waals surface area contributed by atoms with Crippen molar-refractivity contribution in [2.45, 2.75) is 119 Å². The minimum Gasteiger partial charge on any atom is -0.379 e. The Hall–Kier alpha value is -1.31. The third kappa shape index (κ3) is 5.53. The number of carbonyl (C=O) groups is 2. The number of methoxy groups -OCH3 is 2. The zero-order chi connectivity index (χ0) is 29.8. The lowest BCUT2D eigenvalue weighted by Crippen LogP contribution is -2.99. The number of nitrogens with two attached hydrogens (primary N) is 2. The molecule has 11 atom stereocenters. The number of nitrogens with one attached hydrogen (secondary N) is 1. The highest BCUT2D eigenvalue weighted by atomic mass is 32.2. The lowest BCUT2D eigenvalue weighted by molar-refractivity contribution is -0.713. The normalized spacial score (nSPS) is 44.1. The lowest BCUT2D eigenvalue weighted by atomic mass is 9.64. The quantitative estimate of drug-likeness (QED) is 0.353. The molecule has 12 heteroatoms. The van der Waals surface area contributed by atoms with Gasteiger partial charge in [0.1, 0.15) is 12.1 Å². The number of amides is 2. The molecule has 6 aliphatic rings. The van der Waals surface area contributed by atoms with E-state index in [-0.39, 0.29) is 54.0 Å². The molecule has 0 bridgehead atoms. The first-order chi connectivity index (χ1) is 20.1. The maximum absolute atomic E-state index is 14.2. The van der Waals surface area contributed by atoms with Crippen molar-refractivity contribution in [3.63, 3.8) is 0 Å². The molecule has 6 fully saturated rings. The maximum Gasteiger partial charge on any atom is 0.248 e. The molecule has 42 heavy (non-hydrogen) atoms. The van der Waals surface area contributed by atoms with Crippen LogP contribution in [0.15, 0.2) is 0 Å². The van der Waals surface area contributed by atoms with E-state index in [1.54, 1.807) is 14.2 Å². The number of rotatable bonds is 8. The van der Waals surface area contributed by atoms with E-state index in [9.17, 15) is 18.0 Å². The van der Waals surface area contributed by atoms with E-state index in [1.165, 1.54) is 0 Å². The van der Waals surface area contributed by atoms with Crippen LogP contribution in [-0.4, -0.2) is 100 Å². The number of hydrogen-bond acceptors (Lipinski definition) is 7. The molecule has 5 N–H and O–H groups in total. The summed E-state index contributed by atoms with van der Waals surface area (Å²) in [5.41, 5.74) is 0. The van der Waals surface area contributed by atoms with Gasteiger partial charge in [0.15, 0.2) is 0 Å². The van der Waals surface area contributed by atoms with Gasteiger partial charge in [0, 0.05) is 39.1 Å². The molecule has 11 nitrogen and oxygen atoms in total. The summed E-state index contributed by atoms with van der Waals surface area (Å²) in [7, 11) is -0.0385. The van der Waals surface area contributed by atoms with Crippen molar-refractivity contribution in [2.24, 2.45) is 34.7 Å². The second kappa shape index (κ2) is 12.2. The van der Waals surface area contributed by atoms with Gasteiger partial charge in [-0.1, -0.05) is 0 Å². The zero-order valence-corrected chi connectivity index (χ0v) is 26.2. The number of piperidine rings is 2. The van der Waals surface area contributed by atoms with Crippen LogP contribution in [-0.2, 0) is 33.8 Å². The highest BCUT2D eigenvalue weighted by molar-refractivity contribution is 7.89. The summed E-state index contributed by atoms with van der Waals surface area (Å²) >= 11 is 0. The monoisotopic (exact) mass is 611 g/mol. The Morgan fingerprint density at radius 3 is 2.48 bits per heavy atom. The zero-order valence-electron chi connectivity index (χ0n) is 25.4. The average molecular weight is 612 g/mol. The fourth-order valence-electron chi connectivity index (χ4n) is 10.0. The molecule has 0 radical (unpaired) electrons. The number of fused-ring (bicyclic) bond motifs is 5. The first-order valence-corrected chi connectivity index (χ1v) is 17.9. The highest BCUT2D eigenvalue weighted by Crippen LogP contribution is 2.53. The predicted octanol–water partition coefficient (Wildman–Crippen LogP) is 0.125. The van der Waals surface area contributed by atoms with Crippen molar-refractivity contribution in [3.8, 4) is 0 Å². The van der Waals surface area contributed by atoms with Crippen LogP contribution >= 0.6 is 0 Å². The van der Waals surface area contributed by atoms with Crippen LogP contribution in [0.5, 0.6) is 0 Å². The summed E-state index contributed by atoms with van der Waals surface area (Å²) < 4.78 is 41.3. The summed E-state index contributed by atoms with van der Waals surface area (Å²) in [6.45, 7) is 3.45. The summed E-state index contributed by atoms with van der Waals surface area (Å²) in [6.07, 6.45) is 7.52. The Labute approximate surface area is 250 Å². The summed E-state index contributed by atoms with van der Waals surface area (Å²) in [6, 6.07) is 0.929. The molecule has 0 aromatic rings. The van der Waals surface area contributed by atoms with Crippen LogP contribution in [0, 0.1) is 29.6 Å². The molecule has 3 aliphatic carbocycles. The molecule has 238 valence electrons. The van der Waals surface area contributed by atoms with E-state index in [0.717, 1.165) is 57.9 Å². The third-order valence-electron chi connectivity index (χ3n) is 12.0. The number of primary sulfonamides is 1. The molecule has 3 saturated carbocycles. The van der Waals surface area contributed by atoms with E-state index in [2.05, 4.69) is 15.5 Å². The molecular weight excluding hydrogens is 560 g/mol. The van der Waals surface area contributed by atoms with Crippen molar-refractivity contribution >= 4 is 21.8 Å². The molecule has 3 saturated heterocycles. The Morgan fingerprint density at radius 1 is 1.02 bits per heavy atom. The van der Waals surface area contributed by atoms with E-state index in [0.29, 0.717) is 43.2 Å². The summed E-state index contributed by atoms with van der Waals surface area (Å²) in [5, 5.41) is 10.4. The largest absolute Gasteiger partial charge is 0.379 e. The Balaban J connectivity index is 1.06. The standard InChI is InChI=1S/C30H50N4O7S/c1-16(29(35)33-15-17-4-7-19(8-5-17)42(31,37)38)41-18-6-10-23-22(14-18)20-12-13-32-26-21-9-11-24(39-2)28(40-3)25(21)30(36)34(23)27(20)26/h16-28,32H,4-15H2,1-3H3,(H,33,35)(H2,31,37,38)/p+1/t16-,17?,18?,19?,20?,21?,22?,23?,24?,25?,26?,27?,28?/m0/s1. The maximum atomic E-state index is 14.2. The van der Waals surface area contributed by atoms with Crippen molar-refractivity contribution < 1.29 is 37.5 Å². The van der Waals surface area contributed by atoms with Crippen molar-refractivity contribution in [2.75, 3.05) is 27.3 Å². The van der Waals surface area contributed by atoms with E-state index in [4.69, 9.17) is 19.3 Å². The highest BCUT2D eigenvalue weighted by Gasteiger charge is 2.66. The first-order valence-electron chi connectivity index (χ1n) is 16.3. The lowest BCUT2D eigenvalue weighted by Gasteiger charge is -2.53. The minimum absolute atomic E-state index is 0.00452. The first kappa shape index (κ1) is 30.7. The second-order valence-electron chi connectivity index (χ2n) is 14.0. The van der Waals surface area contributed by atoms with Crippen LogP contribution in [0.1, 0.15) is 71.1 Å². The number of ether oxygens (including phenoxy) is 3. The minimum atomic E-state index is -3.49. The van der Waals surface area contributed by atoms with Gasteiger partial charge in [-0.05, 0) is 82.5 Å². The van der Waals surface area contributed by atoms with Crippen LogP contribution in [0.4, 0.5) is 0 Å². The molecular formula is C30H51N4O7S+. The predicted molar refractivity (Wildman–Crippen MR) is 154 cm³/mol. The number of hydrogen-bond donors (Lipinski definition) is 3. The SMILES string of the molecule is COC1CCC2C3[NH2+]CCC4C5CC(O[C@@H](C)C(=O)NCC6CCC(S(N)(=O)=O)CC6)CCC5N(C(=O)C2C1OC)C43. The van der Waals surface area contributed by atoms with Gasteiger partial charge in [-0.25, -0.2) is 13.6 Å². The summed E-state index contributed by atoms with van der Waals surface area (Å²) in [5.74, 6) is 1.49. The molecule has 0 spiro atoms. The topological polar surface area (TPSA) is 154 Å². The number of nitrogens with zero attached hydrogens (tertiary/aromatic N) is 1. The third-order valence-corrected chi connectivity index (χ3v) is 13.4. The van der Waals surface area contributed by atoms with E-state index < -0.39 is 21.4 Å². The smallest absolute Gasteiger partial charge is 0.248 e. The van der Waals surface area contributed by atoms with Crippen LogP contribution in [0.25, 0.3) is 0 Å². The van der Waals surface area contributed by atoms with Gasteiger partial charge in [0.25, 0.3) is 0 Å². The molecule has 3 aliphatic heterocycles. The molecule has 2 amide bonds. The van der Waals surface area contributed by atoms with Crippen LogP contribution in [0.2, 0.25) is 0 Å². The fourth-order valence-corrected chi connectivity index (χ4v) is 11.0. The van der Waals surface area contributed by atoms with Crippen LogP contribution < -0.4 is 15.8 Å². The van der Waals surface area contributed by atoms with Gasteiger partial charge in [-0.3, -0.25) is 9.59 Å². The van der Waals surface area contributed by atoms with Crippen molar-refractivity contribution in [1.29, 1.82) is 0 Å². The number of quaternary nitrogens is 1.